The van der Waals surface area contributed by atoms with Crippen molar-refractivity contribution >= 4 is 45.3 Å². The third-order valence-corrected chi connectivity index (χ3v) is 10.2. The third kappa shape index (κ3) is 3.72. The number of hydrogen-bond donors (Lipinski definition) is 0. The first-order valence-corrected chi connectivity index (χ1v) is 14.1. The molecule has 36 heavy (non-hydrogen) atoms. The van der Waals surface area contributed by atoms with E-state index in [-0.39, 0.29) is 4.08 Å². The molecule has 176 valence electrons. The lowest BCUT2D eigenvalue weighted by Crippen LogP contribution is -2.24. The predicted molar refractivity (Wildman–Crippen MR) is 152 cm³/mol. The molecule has 0 unspecified atom stereocenters. The van der Waals surface area contributed by atoms with E-state index in [1.807, 2.05) is 45.0 Å². The Hall–Kier alpha value is -3.48. The molecule has 1 aliphatic rings. The summed E-state index contributed by atoms with van der Waals surface area (Å²) >= 11 is 4.08. The lowest BCUT2D eigenvalue weighted by atomic mass is 10.0. The molecule has 1 fully saturated rings. The standard InChI is InChI=1S/C30H24N4S2/c1-3-14-28-22(8-1)20-33(31-28)26-12-5-10-24(18-26)30(35-16-7-17-36-30)25-11-6-13-27(19-25)34-21-23-9-2-4-15-29(23)32-34/h1-6,8-15,18-21H,7,16-17H2. The predicted octanol–water partition coefficient (Wildman–Crippen LogP) is 7.44. The SMILES string of the molecule is c1cc(-n2cc3ccccc3n2)cc(C2(c3cccc(-n4cc5ccccc5n4)c3)SCCCS2)c1. The zero-order chi connectivity index (χ0) is 24.0. The summed E-state index contributed by atoms with van der Waals surface area (Å²) in [7, 11) is 0. The Bertz CT molecular complexity index is 1510. The summed E-state index contributed by atoms with van der Waals surface area (Å²) in [6, 6.07) is 34.3. The van der Waals surface area contributed by atoms with Crippen LogP contribution in [0.3, 0.4) is 0 Å². The fourth-order valence-electron chi connectivity index (χ4n) is 4.93. The second kappa shape index (κ2) is 8.87. The molecule has 0 spiro atoms. The largest absolute Gasteiger partial charge is 0.240 e. The highest BCUT2D eigenvalue weighted by atomic mass is 32.2. The summed E-state index contributed by atoms with van der Waals surface area (Å²) in [5.74, 6) is 2.28. The number of hydrogen-bond acceptors (Lipinski definition) is 4. The molecule has 0 saturated carbocycles. The maximum atomic E-state index is 4.83. The number of benzene rings is 4. The van der Waals surface area contributed by atoms with E-state index in [2.05, 4.69) is 97.3 Å². The van der Waals surface area contributed by atoms with Crippen LogP contribution in [0.1, 0.15) is 17.5 Å². The van der Waals surface area contributed by atoms with Gasteiger partial charge in [-0.3, -0.25) is 0 Å². The van der Waals surface area contributed by atoms with Gasteiger partial charge in [0.1, 0.15) is 4.08 Å². The van der Waals surface area contributed by atoms with Crippen LogP contribution in [0.5, 0.6) is 0 Å². The number of aromatic nitrogens is 4. The molecule has 4 nitrogen and oxygen atoms in total. The minimum absolute atomic E-state index is 0.177. The molecule has 3 heterocycles. The third-order valence-electron chi connectivity index (χ3n) is 6.71. The second-order valence-electron chi connectivity index (χ2n) is 9.03. The number of nitrogens with zero attached hydrogens (tertiary/aromatic N) is 4. The normalized spacial score (nSPS) is 15.4. The summed E-state index contributed by atoms with van der Waals surface area (Å²) in [6.45, 7) is 0. The maximum absolute atomic E-state index is 4.83. The van der Waals surface area contributed by atoms with Crippen molar-refractivity contribution in [1.82, 2.24) is 19.6 Å². The Kier molecular flexibility index (Phi) is 5.37. The van der Waals surface area contributed by atoms with Crippen LogP contribution < -0.4 is 0 Å². The lowest BCUT2D eigenvalue weighted by Gasteiger charge is -2.37. The summed E-state index contributed by atoms with van der Waals surface area (Å²) in [5.41, 5.74) is 6.81. The maximum Gasteiger partial charge on any atom is 0.111 e. The second-order valence-corrected chi connectivity index (χ2v) is 11.9. The highest BCUT2D eigenvalue weighted by Crippen LogP contribution is 2.55. The van der Waals surface area contributed by atoms with Crippen molar-refractivity contribution in [3.8, 4) is 11.4 Å². The molecule has 0 bridgehead atoms. The van der Waals surface area contributed by atoms with E-state index in [4.69, 9.17) is 10.2 Å². The van der Waals surface area contributed by atoms with Crippen LogP contribution in [-0.2, 0) is 4.08 Å². The van der Waals surface area contributed by atoms with Crippen molar-refractivity contribution in [1.29, 1.82) is 0 Å². The van der Waals surface area contributed by atoms with E-state index in [1.165, 1.54) is 17.5 Å². The molecule has 0 amide bonds. The molecule has 4 aromatic carbocycles. The Balaban J connectivity index is 1.33. The van der Waals surface area contributed by atoms with Gasteiger partial charge in [-0.15, -0.1) is 23.5 Å². The van der Waals surface area contributed by atoms with Gasteiger partial charge in [-0.1, -0.05) is 60.7 Å². The van der Waals surface area contributed by atoms with E-state index in [1.54, 1.807) is 0 Å². The Morgan fingerprint density at radius 3 is 1.58 bits per heavy atom. The quantitative estimate of drug-likeness (QED) is 0.250. The zero-order valence-corrected chi connectivity index (χ0v) is 21.3. The van der Waals surface area contributed by atoms with Crippen LogP contribution in [0, 0.1) is 0 Å². The molecular formula is C30H24N4S2. The van der Waals surface area contributed by atoms with E-state index in [0.717, 1.165) is 44.7 Å². The summed E-state index contributed by atoms with van der Waals surface area (Å²) in [6.07, 6.45) is 5.46. The molecule has 0 radical (unpaired) electrons. The van der Waals surface area contributed by atoms with Gasteiger partial charge in [-0.2, -0.15) is 10.2 Å². The van der Waals surface area contributed by atoms with Crippen molar-refractivity contribution in [3.05, 3.63) is 121 Å². The monoisotopic (exact) mass is 504 g/mol. The molecule has 1 saturated heterocycles. The first-order chi connectivity index (χ1) is 17.8. The fourth-order valence-corrected chi connectivity index (χ4v) is 8.27. The first kappa shape index (κ1) is 21.8. The van der Waals surface area contributed by atoms with Crippen molar-refractivity contribution in [2.45, 2.75) is 10.5 Å². The van der Waals surface area contributed by atoms with Crippen LogP contribution in [0.4, 0.5) is 0 Å². The van der Waals surface area contributed by atoms with Gasteiger partial charge in [-0.25, -0.2) is 9.36 Å². The summed E-state index contributed by atoms with van der Waals surface area (Å²) in [4.78, 5) is 0. The molecule has 7 rings (SSSR count). The van der Waals surface area contributed by atoms with Crippen LogP contribution in [-0.4, -0.2) is 31.1 Å². The van der Waals surface area contributed by atoms with Gasteiger partial charge >= 0.3 is 0 Å². The number of fused-ring (bicyclic) bond motifs is 2. The van der Waals surface area contributed by atoms with Gasteiger partial charge in [0, 0.05) is 23.2 Å². The number of thioether (sulfide) groups is 2. The molecule has 0 aliphatic carbocycles. The van der Waals surface area contributed by atoms with E-state index < -0.39 is 0 Å². The molecular weight excluding hydrogens is 480 g/mol. The zero-order valence-electron chi connectivity index (χ0n) is 19.6. The van der Waals surface area contributed by atoms with Gasteiger partial charge in [0.25, 0.3) is 0 Å². The Labute approximate surface area is 218 Å². The summed E-state index contributed by atoms with van der Waals surface area (Å²) < 4.78 is 3.83. The average molecular weight is 505 g/mol. The van der Waals surface area contributed by atoms with E-state index >= 15 is 0 Å². The van der Waals surface area contributed by atoms with Gasteiger partial charge < -0.3 is 0 Å². The van der Waals surface area contributed by atoms with Gasteiger partial charge in [0.2, 0.25) is 0 Å². The van der Waals surface area contributed by atoms with Crippen LogP contribution in [0.25, 0.3) is 33.2 Å². The minimum atomic E-state index is -0.177. The molecule has 1 aliphatic heterocycles. The van der Waals surface area contributed by atoms with Crippen molar-refractivity contribution in [2.75, 3.05) is 11.5 Å². The Morgan fingerprint density at radius 2 is 1.08 bits per heavy atom. The van der Waals surface area contributed by atoms with Crippen molar-refractivity contribution in [3.63, 3.8) is 0 Å². The van der Waals surface area contributed by atoms with Gasteiger partial charge in [0.05, 0.1) is 22.4 Å². The molecule has 6 aromatic rings. The van der Waals surface area contributed by atoms with Crippen LogP contribution in [0.15, 0.2) is 109 Å². The van der Waals surface area contributed by atoms with Crippen LogP contribution >= 0.6 is 23.5 Å². The van der Waals surface area contributed by atoms with E-state index in [9.17, 15) is 0 Å². The van der Waals surface area contributed by atoms with E-state index in [0.29, 0.717) is 0 Å². The highest BCUT2D eigenvalue weighted by Gasteiger charge is 2.38. The molecule has 0 N–H and O–H groups in total. The molecule has 0 atom stereocenters. The number of rotatable bonds is 4. The smallest absolute Gasteiger partial charge is 0.111 e. The first-order valence-electron chi connectivity index (χ1n) is 12.2. The topological polar surface area (TPSA) is 35.6 Å². The molecule has 2 aromatic heterocycles. The van der Waals surface area contributed by atoms with Crippen molar-refractivity contribution < 1.29 is 0 Å². The molecule has 6 heteroatoms. The fraction of sp³-hybridized carbons (Fsp3) is 0.133. The Morgan fingerprint density at radius 1 is 0.583 bits per heavy atom. The lowest BCUT2D eigenvalue weighted by molar-refractivity contribution is 0.884. The van der Waals surface area contributed by atoms with Crippen LogP contribution in [0.2, 0.25) is 0 Å². The minimum Gasteiger partial charge on any atom is -0.240 e. The highest BCUT2D eigenvalue weighted by molar-refractivity contribution is 8.18. The van der Waals surface area contributed by atoms with Gasteiger partial charge in [0.15, 0.2) is 0 Å². The average Bonchev–Trinajstić information content (AvgIpc) is 3.58. The van der Waals surface area contributed by atoms with Gasteiger partial charge in [-0.05, 0) is 65.5 Å². The van der Waals surface area contributed by atoms with Crippen molar-refractivity contribution in [2.24, 2.45) is 0 Å². The summed E-state index contributed by atoms with van der Waals surface area (Å²) in [5, 5.41) is 12.0.